The molecular formula is C32H34N2NiS4. The summed E-state index contributed by atoms with van der Waals surface area (Å²) in [7, 11) is 8.11. The Morgan fingerprint density at radius 1 is 0.385 bits per heavy atom. The average molecular weight is 634 g/mol. The van der Waals surface area contributed by atoms with E-state index in [1.54, 1.807) is 0 Å². The predicted octanol–water partition coefficient (Wildman–Crippen LogP) is 8.87. The van der Waals surface area contributed by atoms with Crippen molar-refractivity contribution in [1.29, 1.82) is 0 Å². The van der Waals surface area contributed by atoms with Crippen LogP contribution in [0.15, 0.2) is 109 Å². The first-order chi connectivity index (χ1) is 18.2. The van der Waals surface area contributed by atoms with Crippen LogP contribution < -0.4 is 9.80 Å². The minimum atomic E-state index is 0. The minimum absolute atomic E-state index is 0. The van der Waals surface area contributed by atoms with Crippen molar-refractivity contribution in [2.24, 2.45) is 0 Å². The maximum Gasteiger partial charge on any atom is 0.0361 e. The van der Waals surface area contributed by atoms with Gasteiger partial charge in [0.15, 0.2) is 0 Å². The van der Waals surface area contributed by atoms with Gasteiger partial charge in [-0.15, -0.1) is 50.5 Å². The maximum absolute atomic E-state index is 4.60. The Kier molecular flexibility index (Phi) is 13.7. The van der Waals surface area contributed by atoms with Crippen LogP contribution in [0.3, 0.4) is 0 Å². The Bertz CT molecular complexity index is 1260. The summed E-state index contributed by atoms with van der Waals surface area (Å²) in [5.74, 6) is 0. The summed E-state index contributed by atoms with van der Waals surface area (Å²) in [6, 6.07) is 36.7. The molecule has 4 rings (SSSR count). The van der Waals surface area contributed by atoms with Crippen LogP contribution >= 0.6 is 50.5 Å². The van der Waals surface area contributed by atoms with E-state index in [4.69, 9.17) is 0 Å². The van der Waals surface area contributed by atoms with E-state index in [1.165, 1.54) is 11.4 Å². The third-order valence-electron chi connectivity index (χ3n) is 5.86. The van der Waals surface area contributed by atoms with Crippen LogP contribution in [0.4, 0.5) is 11.4 Å². The Hall–Kier alpha value is -2.15. The van der Waals surface area contributed by atoms with Gasteiger partial charge in [-0.25, -0.2) is 0 Å². The van der Waals surface area contributed by atoms with Gasteiger partial charge in [0.2, 0.25) is 0 Å². The zero-order valence-electron chi connectivity index (χ0n) is 22.4. The summed E-state index contributed by atoms with van der Waals surface area (Å²) in [5.41, 5.74) is 6.64. The van der Waals surface area contributed by atoms with Crippen molar-refractivity contribution in [3.8, 4) is 0 Å². The van der Waals surface area contributed by atoms with Crippen LogP contribution in [0.25, 0.3) is 19.6 Å². The van der Waals surface area contributed by atoms with Gasteiger partial charge in [-0.2, -0.15) is 0 Å². The van der Waals surface area contributed by atoms with Gasteiger partial charge in [0, 0.05) is 75.7 Å². The number of hydrogen-bond donors (Lipinski definition) is 4. The van der Waals surface area contributed by atoms with Crippen molar-refractivity contribution in [2.75, 3.05) is 38.0 Å². The summed E-state index contributed by atoms with van der Waals surface area (Å²) in [5, 5.41) is 0. The van der Waals surface area contributed by atoms with Gasteiger partial charge in [-0.1, -0.05) is 84.9 Å². The summed E-state index contributed by atoms with van der Waals surface area (Å²) in [6.45, 7) is 0. The molecule has 0 aliphatic heterocycles. The zero-order valence-corrected chi connectivity index (χ0v) is 27.0. The molecule has 2 nitrogen and oxygen atoms in total. The van der Waals surface area contributed by atoms with Crippen LogP contribution in [0.5, 0.6) is 0 Å². The first-order valence-corrected chi connectivity index (χ1v) is 13.9. The summed E-state index contributed by atoms with van der Waals surface area (Å²) >= 11 is 18.4. The van der Waals surface area contributed by atoms with Crippen LogP contribution in [0, 0.1) is 0 Å². The second kappa shape index (κ2) is 16.2. The van der Waals surface area contributed by atoms with Crippen molar-refractivity contribution in [1.82, 2.24) is 0 Å². The van der Waals surface area contributed by atoms with E-state index in [0.717, 1.165) is 41.9 Å². The molecule has 0 aliphatic carbocycles. The smallest absolute Gasteiger partial charge is 0.0361 e. The number of hydrogen-bond acceptors (Lipinski definition) is 6. The fraction of sp³-hybridized carbons (Fsp3) is 0.125. The monoisotopic (exact) mass is 632 g/mol. The Morgan fingerprint density at radius 2 is 0.615 bits per heavy atom. The van der Waals surface area contributed by atoms with E-state index < -0.39 is 0 Å². The van der Waals surface area contributed by atoms with E-state index in [2.05, 4.69) is 109 Å². The molecule has 7 heteroatoms. The molecule has 0 saturated heterocycles. The van der Waals surface area contributed by atoms with E-state index in [0.29, 0.717) is 0 Å². The van der Waals surface area contributed by atoms with Crippen LogP contribution in [0.2, 0.25) is 0 Å². The number of thiol groups is 4. The molecule has 0 radical (unpaired) electrons. The molecule has 0 saturated carbocycles. The number of benzene rings is 4. The normalized spacial score (nSPS) is 11.7. The average Bonchev–Trinajstić information content (AvgIpc) is 2.97. The topological polar surface area (TPSA) is 6.48 Å². The van der Waals surface area contributed by atoms with Gasteiger partial charge in [-0.3, -0.25) is 0 Å². The molecule has 4 aromatic rings. The van der Waals surface area contributed by atoms with Gasteiger partial charge >= 0.3 is 0 Å². The molecular weight excluding hydrogens is 599 g/mol. The second-order valence-corrected chi connectivity index (χ2v) is 10.8. The molecule has 0 amide bonds. The summed E-state index contributed by atoms with van der Waals surface area (Å²) < 4.78 is 0. The van der Waals surface area contributed by atoms with Crippen LogP contribution in [-0.2, 0) is 16.5 Å². The van der Waals surface area contributed by atoms with Crippen LogP contribution in [0.1, 0.15) is 22.3 Å². The van der Waals surface area contributed by atoms with Gasteiger partial charge in [0.25, 0.3) is 0 Å². The molecule has 0 bridgehead atoms. The first kappa shape index (κ1) is 33.1. The zero-order chi connectivity index (χ0) is 27.7. The molecule has 0 fully saturated rings. The fourth-order valence-corrected chi connectivity index (χ4v) is 4.69. The molecule has 0 aliphatic rings. The fourth-order valence-electron chi connectivity index (χ4n) is 3.57. The van der Waals surface area contributed by atoms with Crippen molar-refractivity contribution in [3.63, 3.8) is 0 Å². The molecule has 0 aromatic heterocycles. The third kappa shape index (κ3) is 9.48. The predicted molar refractivity (Wildman–Crippen MR) is 184 cm³/mol. The molecule has 206 valence electrons. The summed E-state index contributed by atoms with van der Waals surface area (Å²) in [4.78, 5) is 7.71. The molecule has 0 atom stereocenters. The minimum Gasteiger partial charge on any atom is -0.378 e. The number of nitrogens with zero attached hydrogens (tertiary/aromatic N) is 2. The van der Waals surface area contributed by atoms with Crippen molar-refractivity contribution < 1.29 is 16.5 Å². The van der Waals surface area contributed by atoms with E-state index in [-0.39, 0.29) is 16.5 Å². The largest absolute Gasteiger partial charge is 0.378 e. The number of rotatable bonds is 6. The Balaban J connectivity index is 0.000000267. The first-order valence-electron chi connectivity index (χ1n) is 12.1. The molecule has 0 spiro atoms. The molecule has 4 aromatic carbocycles. The van der Waals surface area contributed by atoms with Gasteiger partial charge in [0.1, 0.15) is 0 Å². The van der Waals surface area contributed by atoms with E-state index >= 15 is 0 Å². The molecule has 0 N–H and O–H groups in total. The van der Waals surface area contributed by atoms with Crippen molar-refractivity contribution >= 4 is 81.5 Å². The SMILES string of the molecule is CN(C)c1ccc(C(S)=C(S)c2ccccc2)cc1.CN(C)c1ccc(C(S)=C(S)c2ccccc2)cc1.[Ni]. The van der Waals surface area contributed by atoms with Gasteiger partial charge in [-0.05, 0) is 46.5 Å². The second-order valence-electron chi connectivity index (χ2n) is 9.01. The van der Waals surface area contributed by atoms with Crippen molar-refractivity contribution in [3.05, 3.63) is 131 Å². The van der Waals surface area contributed by atoms with Gasteiger partial charge < -0.3 is 9.80 Å². The van der Waals surface area contributed by atoms with E-state index in [1.807, 2.05) is 88.9 Å². The Morgan fingerprint density at radius 3 is 0.846 bits per heavy atom. The quantitative estimate of drug-likeness (QED) is 0.0958. The molecule has 0 unspecified atom stereocenters. The standard InChI is InChI=1S/2C16H17NS2.Ni/c2*1-17(2)14-10-8-13(9-11-14)16(19)15(18)12-6-4-3-5-7-12;/h2*3-11,18-19H,1-2H3;. The molecule has 0 heterocycles. The third-order valence-corrected chi connectivity index (χ3v) is 8.14. The molecule has 39 heavy (non-hydrogen) atoms. The summed E-state index contributed by atoms with van der Waals surface area (Å²) in [6.07, 6.45) is 0. The number of anilines is 2. The Labute approximate surface area is 265 Å². The maximum atomic E-state index is 4.60. The van der Waals surface area contributed by atoms with Gasteiger partial charge in [0.05, 0.1) is 0 Å². The van der Waals surface area contributed by atoms with Crippen LogP contribution in [-0.4, -0.2) is 28.2 Å². The van der Waals surface area contributed by atoms with E-state index in [9.17, 15) is 0 Å². The van der Waals surface area contributed by atoms with Crippen molar-refractivity contribution in [2.45, 2.75) is 0 Å².